The number of aryl methyl sites for hydroxylation is 1. The van der Waals surface area contributed by atoms with Gasteiger partial charge in [-0.25, -0.2) is 15.8 Å². The van der Waals surface area contributed by atoms with E-state index in [0.717, 1.165) is 37.9 Å². The van der Waals surface area contributed by atoms with Gasteiger partial charge in [-0.2, -0.15) is 0 Å². The summed E-state index contributed by atoms with van der Waals surface area (Å²) in [5.41, 5.74) is 1.92. The first-order valence-corrected chi connectivity index (χ1v) is 7.35. The summed E-state index contributed by atoms with van der Waals surface area (Å²) >= 11 is 0. The van der Waals surface area contributed by atoms with E-state index in [1.54, 1.807) is 6.07 Å². The Morgan fingerprint density at radius 2 is 2.00 bits per heavy atom. The molecule has 1 heterocycles. The number of nitrogens with one attached hydrogen (secondary N) is 2. The van der Waals surface area contributed by atoms with E-state index < -0.39 is 5.60 Å². The zero-order valence-electron chi connectivity index (χ0n) is 12.3. The zero-order valence-corrected chi connectivity index (χ0v) is 12.3. The Hall–Kier alpha value is -1.40. The van der Waals surface area contributed by atoms with Gasteiger partial charge in [0.15, 0.2) is 0 Å². The standard InChI is InChI=1S/C14H25N5O/c1-3-11-17-12(8-13(18-11)19-15)16-9-14(20)6-4-10(2)5-7-14/h8,10,20H,3-7,9,15H2,1-2H3,(H2,16,17,18,19). The van der Waals surface area contributed by atoms with Gasteiger partial charge in [-0.05, 0) is 31.6 Å². The largest absolute Gasteiger partial charge is 0.388 e. The summed E-state index contributed by atoms with van der Waals surface area (Å²) in [7, 11) is 0. The number of hydrazine groups is 1. The van der Waals surface area contributed by atoms with Crippen molar-refractivity contribution < 1.29 is 5.11 Å². The fourth-order valence-electron chi connectivity index (χ4n) is 2.55. The minimum absolute atomic E-state index is 0.518. The molecule has 5 N–H and O–H groups in total. The number of aliphatic hydroxyl groups is 1. The van der Waals surface area contributed by atoms with Crippen LogP contribution < -0.4 is 16.6 Å². The van der Waals surface area contributed by atoms with Crippen molar-refractivity contribution in [3.8, 4) is 0 Å². The minimum atomic E-state index is -0.625. The maximum absolute atomic E-state index is 10.6. The van der Waals surface area contributed by atoms with Crippen molar-refractivity contribution in [2.24, 2.45) is 11.8 Å². The molecule has 0 aliphatic heterocycles. The Labute approximate surface area is 120 Å². The number of hydrogen-bond acceptors (Lipinski definition) is 6. The fraction of sp³-hybridized carbons (Fsp3) is 0.714. The molecule has 1 saturated carbocycles. The van der Waals surface area contributed by atoms with E-state index in [1.165, 1.54) is 0 Å². The van der Waals surface area contributed by atoms with Crippen molar-refractivity contribution in [2.75, 3.05) is 17.3 Å². The molecular formula is C14H25N5O. The van der Waals surface area contributed by atoms with Gasteiger partial charge in [-0.3, -0.25) is 0 Å². The summed E-state index contributed by atoms with van der Waals surface area (Å²) in [5.74, 6) is 8.14. The molecule has 0 radical (unpaired) electrons. The van der Waals surface area contributed by atoms with E-state index in [0.29, 0.717) is 24.1 Å². The Morgan fingerprint density at radius 1 is 1.35 bits per heavy atom. The van der Waals surface area contributed by atoms with Gasteiger partial charge in [0.2, 0.25) is 0 Å². The molecule has 0 saturated heterocycles. The summed E-state index contributed by atoms with van der Waals surface area (Å²) in [4.78, 5) is 8.64. The van der Waals surface area contributed by atoms with Crippen LogP contribution in [0.1, 0.15) is 45.4 Å². The molecule has 0 unspecified atom stereocenters. The van der Waals surface area contributed by atoms with Crippen molar-refractivity contribution in [2.45, 2.75) is 51.6 Å². The average Bonchev–Trinajstić information content (AvgIpc) is 2.48. The van der Waals surface area contributed by atoms with Crippen molar-refractivity contribution in [1.82, 2.24) is 9.97 Å². The molecule has 0 atom stereocenters. The van der Waals surface area contributed by atoms with Crippen molar-refractivity contribution in [3.63, 3.8) is 0 Å². The zero-order chi connectivity index (χ0) is 14.6. The van der Waals surface area contributed by atoms with Crippen LogP contribution >= 0.6 is 0 Å². The molecular weight excluding hydrogens is 254 g/mol. The summed E-state index contributed by atoms with van der Waals surface area (Å²) in [6.07, 6.45) is 4.59. The molecule has 6 nitrogen and oxygen atoms in total. The second kappa shape index (κ2) is 6.37. The Kier molecular flexibility index (Phi) is 4.77. The lowest BCUT2D eigenvalue weighted by molar-refractivity contribution is 0.00494. The maximum atomic E-state index is 10.6. The fourth-order valence-corrected chi connectivity index (χ4v) is 2.55. The summed E-state index contributed by atoms with van der Waals surface area (Å²) in [6.45, 7) is 4.75. The van der Waals surface area contributed by atoms with Crippen molar-refractivity contribution >= 4 is 11.6 Å². The molecule has 112 valence electrons. The van der Waals surface area contributed by atoms with Gasteiger partial charge in [0.05, 0.1) is 5.60 Å². The molecule has 1 aromatic rings. The lowest BCUT2D eigenvalue weighted by atomic mass is 9.79. The Balaban J connectivity index is 1.99. The molecule has 6 heteroatoms. The van der Waals surface area contributed by atoms with E-state index in [9.17, 15) is 5.11 Å². The lowest BCUT2D eigenvalue weighted by Gasteiger charge is -2.35. The van der Waals surface area contributed by atoms with Crippen LogP contribution in [0, 0.1) is 5.92 Å². The smallest absolute Gasteiger partial charge is 0.145 e. The summed E-state index contributed by atoms with van der Waals surface area (Å²) in [6, 6.07) is 1.76. The Bertz CT molecular complexity index is 421. The van der Waals surface area contributed by atoms with Crippen LogP contribution in [0.2, 0.25) is 0 Å². The maximum Gasteiger partial charge on any atom is 0.145 e. The molecule has 0 aromatic carbocycles. The van der Waals surface area contributed by atoms with E-state index >= 15 is 0 Å². The van der Waals surface area contributed by atoms with E-state index in [4.69, 9.17) is 5.84 Å². The van der Waals surface area contributed by atoms with Crippen LogP contribution in [-0.2, 0) is 6.42 Å². The third-order valence-corrected chi connectivity index (χ3v) is 4.04. The third-order valence-electron chi connectivity index (χ3n) is 4.04. The summed E-state index contributed by atoms with van der Waals surface area (Å²) in [5, 5.41) is 13.8. The highest BCUT2D eigenvalue weighted by Gasteiger charge is 2.31. The molecule has 20 heavy (non-hydrogen) atoms. The second-order valence-electron chi connectivity index (χ2n) is 5.81. The van der Waals surface area contributed by atoms with Gasteiger partial charge in [0, 0.05) is 19.0 Å². The van der Waals surface area contributed by atoms with Gasteiger partial charge < -0.3 is 15.8 Å². The number of aromatic nitrogens is 2. The molecule has 1 fully saturated rings. The monoisotopic (exact) mass is 279 g/mol. The normalized spacial score (nSPS) is 26.3. The number of nitrogens with zero attached hydrogens (tertiary/aromatic N) is 2. The third kappa shape index (κ3) is 3.80. The van der Waals surface area contributed by atoms with Gasteiger partial charge in [-0.1, -0.05) is 13.8 Å². The highest BCUT2D eigenvalue weighted by Crippen LogP contribution is 2.31. The number of nitrogens with two attached hydrogens (primary N) is 1. The number of rotatable bonds is 5. The topological polar surface area (TPSA) is 96.1 Å². The molecule has 1 aromatic heterocycles. The average molecular weight is 279 g/mol. The van der Waals surface area contributed by atoms with Crippen LogP contribution in [0.15, 0.2) is 6.07 Å². The van der Waals surface area contributed by atoms with Gasteiger partial charge >= 0.3 is 0 Å². The number of nitrogen functional groups attached to an aromatic ring is 1. The first kappa shape index (κ1) is 15.0. The van der Waals surface area contributed by atoms with Crippen LogP contribution in [0.5, 0.6) is 0 Å². The number of anilines is 2. The van der Waals surface area contributed by atoms with Gasteiger partial charge in [0.25, 0.3) is 0 Å². The van der Waals surface area contributed by atoms with Crippen LogP contribution in [0.3, 0.4) is 0 Å². The predicted molar refractivity (Wildman–Crippen MR) is 80.3 cm³/mol. The SMILES string of the molecule is CCc1nc(NN)cc(NCC2(O)CCC(C)CC2)n1. The number of hydrogen-bond donors (Lipinski definition) is 4. The highest BCUT2D eigenvalue weighted by atomic mass is 16.3. The quantitative estimate of drug-likeness (QED) is 0.484. The van der Waals surface area contributed by atoms with E-state index in [2.05, 4.69) is 27.6 Å². The molecule has 0 amide bonds. The molecule has 0 spiro atoms. The first-order valence-electron chi connectivity index (χ1n) is 7.35. The molecule has 1 aliphatic rings. The van der Waals surface area contributed by atoms with Gasteiger partial charge in [0.1, 0.15) is 17.5 Å². The summed E-state index contributed by atoms with van der Waals surface area (Å²) < 4.78 is 0. The van der Waals surface area contributed by atoms with Crippen LogP contribution in [0.4, 0.5) is 11.6 Å². The molecule has 2 rings (SSSR count). The molecule has 1 aliphatic carbocycles. The second-order valence-corrected chi connectivity index (χ2v) is 5.81. The van der Waals surface area contributed by atoms with Crippen molar-refractivity contribution in [1.29, 1.82) is 0 Å². The van der Waals surface area contributed by atoms with Crippen molar-refractivity contribution in [3.05, 3.63) is 11.9 Å². The lowest BCUT2D eigenvalue weighted by Crippen LogP contribution is -2.40. The predicted octanol–water partition coefficient (Wildman–Crippen LogP) is 1.68. The molecule has 0 bridgehead atoms. The van der Waals surface area contributed by atoms with Crippen LogP contribution in [-0.4, -0.2) is 27.2 Å². The minimum Gasteiger partial charge on any atom is -0.388 e. The first-order chi connectivity index (χ1) is 9.54. The van der Waals surface area contributed by atoms with Crippen LogP contribution in [0.25, 0.3) is 0 Å². The van der Waals surface area contributed by atoms with E-state index in [1.807, 2.05) is 6.92 Å². The van der Waals surface area contributed by atoms with E-state index in [-0.39, 0.29) is 0 Å². The Morgan fingerprint density at radius 3 is 2.60 bits per heavy atom. The highest BCUT2D eigenvalue weighted by molar-refractivity contribution is 5.47. The van der Waals surface area contributed by atoms with Gasteiger partial charge in [-0.15, -0.1) is 0 Å².